The van der Waals surface area contributed by atoms with Gasteiger partial charge in [-0.15, -0.1) is 0 Å². The first-order chi connectivity index (χ1) is 5.29. The van der Waals surface area contributed by atoms with E-state index >= 15 is 0 Å². The van der Waals surface area contributed by atoms with Crippen molar-refractivity contribution in [1.29, 1.82) is 0 Å². The Morgan fingerprint density at radius 3 is 2.36 bits per heavy atom. The van der Waals surface area contributed by atoms with Gasteiger partial charge >= 0.3 is 80.1 Å². The number of nitrogens with zero attached hydrogens (tertiary/aromatic N) is 1. The molecular formula is C9H14BiN. The van der Waals surface area contributed by atoms with Gasteiger partial charge in [0, 0.05) is 0 Å². The predicted octanol–water partition coefficient (Wildman–Crippen LogP) is 0.267. The van der Waals surface area contributed by atoms with E-state index in [1.807, 2.05) is 0 Å². The molecule has 1 aromatic carbocycles. The molecule has 11 heavy (non-hydrogen) atoms. The van der Waals surface area contributed by atoms with E-state index in [0.717, 1.165) is 0 Å². The topological polar surface area (TPSA) is 3.24 Å². The molecule has 0 unspecified atom stereocenters. The van der Waals surface area contributed by atoms with E-state index in [4.69, 9.17) is 0 Å². The molecule has 0 amide bonds. The number of benzene rings is 1. The summed E-state index contributed by atoms with van der Waals surface area (Å²) in [6, 6.07) is 10.9. The van der Waals surface area contributed by atoms with Crippen LogP contribution in [0.25, 0.3) is 0 Å². The Kier molecular flexibility index (Phi) is 4.03. The predicted molar refractivity (Wildman–Crippen MR) is 51.8 cm³/mol. The second kappa shape index (κ2) is 4.84. The van der Waals surface area contributed by atoms with Gasteiger partial charge in [0.1, 0.15) is 0 Å². The van der Waals surface area contributed by atoms with Crippen molar-refractivity contribution >= 4 is 26.5 Å². The van der Waals surface area contributed by atoms with Gasteiger partial charge in [-0.25, -0.2) is 0 Å². The molecule has 0 N–H and O–H groups in total. The van der Waals surface area contributed by atoms with Crippen LogP contribution in [0.4, 0.5) is 0 Å². The van der Waals surface area contributed by atoms with Crippen LogP contribution in [0.15, 0.2) is 30.3 Å². The average Bonchev–Trinajstić information content (AvgIpc) is 2.03. The van der Waals surface area contributed by atoms with Crippen molar-refractivity contribution in [1.82, 2.24) is 4.90 Å². The van der Waals surface area contributed by atoms with E-state index in [1.165, 1.54) is 4.25 Å². The molecule has 1 rings (SSSR count). The molecule has 1 aromatic rings. The van der Waals surface area contributed by atoms with E-state index in [-0.39, 0.29) is 0 Å². The third kappa shape index (κ3) is 3.83. The first-order valence-electron chi connectivity index (χ1n) is 3.72. The second-order valence-corrected chi connectivity index (χ2v) is 7.63. The molecule has 0 atom stereocenters. The van der Waals surface area contributed by atoms with Gasteiger partial charge in [0.25, 0.3) is 0 Å². The van der Waals surface area contributed by atoms with Crippen LogP contribution in [0.2, 0.25) is 0 Å². The quantitative estimate of drug-likeness (QED) is 0.711. The van der Waals surface area contributed by atoms with Crippen LogP contribution in [-0.4, -0.2) is 46.5 Å². The first kappa shape index (κ1) is 9.15. The molecule has 0 saturated heterocycles. The van der Waals surface area contributed by atoms with E-state index in [0.29, 0.717) is 0 Å². The third-order valence-electron chi connectivity index (χ3n) is 1.37. The summed E-state index contributed by atoms with van der Waals surface area (Å²) in [5, 5.41) is 0. The zero-order valence-electron chi connectivity index (χ0n) is 7.04. The van der Waals surface area contributed by atoms with Crippen molar-refractivity contribution in [2.75, 3.05) is 18.3 Å². The van der Waals surface area contributed by atoms with Crippen LogP contribution >= 0.6 is 0 Å². The Balaban J connectivity index is 2.39. The monoisotopic (exact) mass is 345 g/mol. The van der Waals surface area contributed by atoms with Gasteiger partial charge in [0.05, 0.1) is 0 Å². The minimum atomic E-state index is -0.505. The van der Waals surface area contributed by atoms with Crippen LogP contribution in [0.1, 0.15) is 0 Å². The molecule has 0 saturated carbocycles. The molecule has 0 aromatic heterocycles. The molecular weight excluding hydrogens is 331 g/mol. The summed E-state index contributed by atoms with van der Waals surface area (Å²) >= 11 is -0.505. The van der Waals surface area contributed by atoms with Gasteiger partial charge in [-0.3, -0.25) is 0 Å². The molecule has 0 fully saturated rings. The second-order valence-electron chi connectivity index (χ2n) is 2.78. The zero-order valence-corrected chi connectivity index (χ0v) is 10.9. The van der Waals surface area contributed by atoms with Crippen molar-refractivity contribution in [3.8, 4) is 0 Å². The molecule has 0 bridgehead atoms. The van der Waals surface area contributed by atoms with Crippen LogP contribution in [-0.2, 0) is 0 Å². The summed E-state index contributed by atoms with van der Waals surface area (Å²) in [7, 11) is 4.30. The number of hydrogen-bond donors (Lipinski definition) is 0. The Bertz CT molecular complexity index is 196. The third-order valence-corrected chi connectivity index (χ3v) is 7.33. The van der Waals surface area contributed by atoms with Crippen LogP contribution < -0.4 is 3.27 Å². The molecule has 1 nitrogen and oxygen atoms in total. The van der Waals surface area contributed by atoms with Crippen molar-refractivity contribution in [3.05, 3.63) is 30.3 Å². The fourth-order valence-electron chi connectivity index (χ4n) is 0.805. The summed E-state index contributed by atoms with van der Waals surface area (Å²) in [6.45, 7) is 0. The Labute approximate surface area is 80.0 Å². The van der Waals surface area contributed by atoms with E-state index in [9.17, 15) is 0 Å². The summed E-state index contributed by atoms with van der Waals surface area (Å²) < 4.78 is 2.94. The maximum absolute atomic E-state index is 2.29. The summed E-state index contributed by atoms with van der Waals surface area (Å²) in [5.74, 6) is 0. The SMILES string of the molecule is CN(C)[CH2][BiH][c]1ccccc1. The van der Waals surface area contributed by atoms with Crippen molar-refractivity contribution in [3.63, 3.8) is 0 Å². The van der Waals surface area contributed by atoms with Gasteiger partial charge in [-0.2, -0.15) is 0 Å². The first-order valence-corrected chi connectivity index (χ1v) is 8.42. The van der Waals surface area contributed by atoms with E-state index in [1.54, 1.807) is 3.27 Å². The standard InChI is InChI=1S/C6H5.C3H8N.Bi.H/c1-2-4-6-5-3-1;1-4(2)3;;/h1-5H;1H2,2-3H3;;. The molecule has 0 spiro atoms. The Hall–Kier alpha value is 0.0631. The number of rotatable bonds is 3. The van der Waals surface area contributed by atoms with Crippen molar-refractivity contribution in [2.45, 2.75) is 0 Å². The van der Waals surface area contributed by atoms with Gasteiger partial charge in [0.2, 0.25) is 0 Å². The zero-order chi connectivity index (χ0) is 8.10. The Morgan fingerprint density at radius 1 is 1.18 bits per heavy atom. The molecule has 0 heterocycles. The molecule has 0 aliphatic rings. The van der Waals surface area contributed by atoms with Gasteiger partial charge in [-0.05, 0) is 0 Å². The summed E-state index contributed by atoms with van der Waals surface area (Å²) in [4.78, 5) is 2.29. The molecule has 2 heteroatoms. The van der Waals surface area contributed by atoms with Crippen LogP contribution in [0, 0.1) is 0 Å². The van der Waals surface area contributed by atoms with E-state index < -0.39 is 23.2 Å². The van der Waals surface area contributed by atoms with Crippen LogP contribution in [0.5, 0.6) is 0 Å². The molecule has 60 valence electrons. The molecule has 0 aliphatic heterocycles. The van der Waals surface area contributed by atoms with Gasteiger partial charge in [-0.1, -0.05) is 0 Å². The minimum absolute atomic E-state index is 0.505. The van der Waals surface area contributed by atoms with Crippen molar-refractivity contribution < 1.29 is 0 Å². The van der Waals surface area contributed by atoms with Crippen molar-refractivity contribution in [2.24, 2.45) is 0 Å². The fourth-order valence-corrected chi connectivity index (χ4v) is 4.41. The average molecular weight is 345 g/mol. The number of hydrogen-bond acceptors (Lipinski definition) is 1. The fraction of sp³-hybridized carbons (Fsp3) is 0.333. The normalized spacial score (nSPS) is 10.5. The maximum atomic E-state index is 2.29. The van der Waals surface area contributed by atoms with E-state index in [2.05, 4.69) is 49.3 Å². The summed E-state index contributed by atoms with van der Waals surface area (Å²) in [5.41, 5.74) is 0. The Morgan fingerprint density at radius 2 is 1.82 bits per heavy atom. The molecule has 0 aliphatic carbocycles. The van der Waals surface area contributed by atoms with Gasteiger partial charge in [0.15, 0.2) is 0 Å². The molecule has 0 radical (unpaired) electrons. The van der Waals surface area contributed by atoms with Gasteiger partial charge < -0.3 is 0 Å². The van der Waals surface area contributed by atoms with Crippen LogP contribution in [0.3, 0.4) is 0 Å². The summed E-state index contributed by atoms with van der Waals surface area (Å²) in [6.07, 6.45) is 0.